The van der Waals surface area contributed by atoms with Crippen LogP contribution in [0.5, 0.6) is 0 Å². The van der Waals surface area contributed by atoms with E-state index in [1.165, 1.54) is 12.1 Å². The van der Waals surface area contributed by atoms with Gasteiger partial charge in [0.25, 0.3) is 0 Å². The maximum Gasteiger partial charge on any atom is 0.236 e. The van der Waals surface area contributed by atoms with Crippen LogP contribution in [0.3, 0.4) is 0 Å². The maximum absolute atomic E-state index is 13.1. The van der Waals surface area contributed by atoms with E-state index in [2.05, 4.69) is 0 Å². The van der Waals surface area contributed by atoms with Crippen molar-refractivity contribution in [1.82, 2.24) is 0 Å². The Bertz CT molecular complexity index is 428. The lowest BCUT2D eigenvalue weighted by Gasteiger charge is -2.03. The van der Waals surface area contributed by atoms with Gasteiger partial charge >= 0.3 is 0 Å². The second kappa shape index (κ2) is 4.28. The summed E-state index contributed by atoms with van der Waals surface area (Å²) in [6.07, 6.45) is 0.732. The van der Waals surface area contributed by atoms with E-state index < -0.39 is 20.6 Å². The van der Waals surface area contributed by atoms with Crippen molar-refractivity contribution in [2.75, 3.05) is 0 Å². The lowest BCUT2D eigenvalue weighted by molar-refractivity contribution is 0.597. The Kier molecular flexibility index (Phi) is 3.50. The van der Waals surface area contributed by atoms with E-state index in [1.807, 2.05) is 6.92 Å². The summed E-state index contributed by atoms with van der Waals surface area (Å²) in [5, 5.41) is 0. The highest BCUT2D eigenvalue weighted by molar-refractivity contribution is 8.13. The van der Waals surface area contributed by atoms with Crippen molar-refractivity contribution >= 4 is 19.7 Å². The molecule has 1 aromatic carbocycles. The van der Waals surface area contributed by atoms with Crippen molar-refractivity contribution in [3.05, 3.63) is 35.1 Å². The van der Waals surface area contributed by atoms with Crippen molar-refractivity contribution in [2.24, 2.45) is 0 Å². The molecule has 0 amide bonds. The SMILES string of the molecule is CCc1ccc(F)c(CS(=O)(=O)Cl)c1. The van der Waals surface area contributed by atoms with Crippen LogP contribution < -0.4 is 0 Å². The Morgan fingerprint density at radius 2 is 2.07 bits per heavy atom. The first kappa shape index (κ1) is 11.5. The predicted octanol–water partition coefficient (Wildman–Crippen LogP) is 2.46. The van der Waals surface area contributed by atoms with Crippen molar-refractivity contribution < 1.29 is 12.8 Å². The van der Waals surface area contributed by atoms with Crippen LogP contribution >= 0.6 is 10.7 Å². The molecular formula is C9H10ClFO2S. The molecule has 0 saturated carbocycles. The molecule has 0 aliphatic carbocycles. The highest BCUT2D eigenvalue weighted by Crippen LogP contribution is 2.16. The van der Waals surface area contributed by atoms with E-state index in [4.69, 9.17) is 10.7 Å². The fourth-order valence-corrected chi connectivity index (χ4v) is 2.09. The molecule has 0 aliphatic heterocycles. The summed E-state index contributed by atoms with van der Waals surface area (Å²) in [7, 11) is 1.35. The third-order valence-electron chi connectivity index (χ3n) is 1.85. The van der Waals surface area contributed by atoms with Crippen molar-refractivity contribution in [3.8, 4) is 0 Å². The minimum atomic E-state index is -3.69. The average Bonchev–Trinajstić information content (AvgIpc) is 2.06. The molecule has 0 fully saturated rings. The summed E-state index contributed by atoms with van der Waals surface area (Å²) in [5.74, 6) is -1.000. The van der Waals surface area contributed by atoms with Crippen LogP contribution in [0.1, 0.15) is 18.1 Å². The third-order valence-corrected chi connectivity index (χ3v) is 2.83. The van der Waals surface area contributed by atoms with Crippen molar-refractivity contribution in [2.45, 2.75) is 19.1 Å². The minimum Gasteiger partial charge on any atom is -0.212 e. The molecule has 0 atom stereocenters. The lowest BCUT2D eigenvalue weighted by atomic mass is 10.1. The van der Waals surface area contributed by atoms with Crippen LogP contribution in [-0.2, 0) is 21.2 Å². The van der Waals surface area contributed by atoms with Gasteiger partial charge in [0.05, 0.1) is 5.75 Å². The molecule has 2 nitrogen and oxygen atoms in total. The van der Waals surface area contributed by atoms with Gasteiger partial charge in [0.2, 0.25) is 9.05 Å². The van der Waals surface area contributed by atoms with Crippen LogP contribution in [0.4, 0.5) is 4.39 Å². The number of rotatable bonds is 3. The molecule has 0 aromatic heterocycles. The van der Waals surface area contributed by atoms with Crippen molar-refractivity contribution in [3.63, 3.8) is 0 Å². The van der Waals surface area contributed by atoms with E-state index in [0.29, 0.717) is 0 Å². The first-order valence-corrected chi connectivity index (χ1v) is 6.60. The molecule has 78 valence electrons. The molecule has 0 aliphatic rings. The van der Waals surface area contributed by atoms with Gasteiger partial charge in [0.15, 0.2) is 0 Å². The van der Waals surface area contributed by atoms with E-state index in [1.54, 1.807) is 6.07 Å². The predicted molar refractivity (Wildman–Crippen MR) is 54.3 cm³/mol. The number of halogens is 2. The smallest absolute Gasteiger partial charge is 0.212 e. The van der Waals surface area contributed by atoms with Gasteiger partial charge in [0.1, 0.15) is 5.82 Å². The second-order valence-electron chi connectivity index (χ2n) is 2.96. The van der Waals surface area contributed by atoms with Gasteiger partial charge in [-0.3, -0.25) is 0 Å². The molecule has 0 heterocycles. The molecule has 1 aromatic rings. The average molecular weight is 237 g/mol. The van der Waals surface area contributed by atoms with Gasteiger partial charge in [0, 0.05) is 16.2 Å². The summed E-state index contributed by atoms with van der Waals surface area (Å²) >= 11 is 0. The van der Waals surface area contributed by atoms with Gasteiger partial charge in [-0.1, -0.05) is 19.1 Å². The fraction of sp³-hybridized carbons (Fsp3) is 0.333. The molecular weight excluding hydrogens is 227 g/mol. The van der Waals surface area contributed by atoms with E-state index in [9.17, 15) is 12.8 Å². The summed E-state index contributed by atoms with van der Waals surface area (Å²) in [4.78, 5) is 0. The Morgan fingerprint density at radius 3 is 2.57 bits per heavy atom. The van der Waals surface area contributed by atoms with Crippen LogP contribution in [0.15, 0.2) is 18.2 Å². The number of aryl methyl sites for hydroxylation is 1. The third kappa shape index (κ3) is 3.27. The zero-order valence-electron chi connectivity index (χ0n) is 7.63. The first-order valence-electron chi connectivity index (χ1n) is 4.12. The summed E-state index contributed by atoms with van der Waals surface area (Å²) < 4.78 is 34.6. The van der Waals surface area contributed by atoms with E-state index in [-0.39, 0.29) is 5.56 Å². The summed E-state index contributed by atoms with van der Waals surface area (Å²) in [6.45, 7) is 1.91. The van der Waals surface area contributed by atoms with Crippen LogP contribution in [-0.4, -0.2) is 8.42 Å². The number of hydrogen-bond donors (Lipinski definition) is 0. The monoisotopic (exact) mass is 236 g/mol. The maximum atomic E-state index is 13.1. The molecule has 5 heteroatoms. The molecule has 0 saturated heterocycles. The molecule has 0 bridgehead atoms. The Hall–Kier alpha value is -0.610. The lowest BCUT2D eigenvalue weighted by Crippen LogP contribution is -1.99. The molecule has 0 N–H and O–H groups in total. The number of benzene rings is 1. The standard InChI is InChI=1S/C9H10ClFO2S/c1-2-7-3-4-9(11)8(5-7)6-14(10,12)13/h3-5H,2,6H2,1H3. The largest absolute Gasteiger partial charge is 0.236 e. The molecule has 0 spiro atoms. The Balaban J connectivity index is 3.07. The Morgan fingerprint density at radius 1 is 1.43 bits per heavy atom. The summed E-state index contributed by atoms with van der Waals surface area (Å²) in [6, 6.07) is 4.41. The van der Waals surface area contributed by atoms with Crippen molar-refractivity contribution in [1.29, 1.82) is 0 Å². The van der Waals surface area contributed by atoms with Crippen LogP contribution in [0.25, 0.3) is 0 Å². The zero-order valence-corrected chi connectivity index (χ0v) is 9.20. The topological polar surface area (TPSA) is 34.1 Å². The number of hydrogen-bond acceptors (Lipinski definition) is 2. The molecule has 14 heavy (non-hydrogen) atoms. The molecule has 0 unspecified atom stereocenters. The zero-order chi connectivity index (χ0) is 10.8. The van der Waals surface area contributed by atoms with Gasteiger partial charge in [-0.25, -0.2) is 12.8 Å². The quantitative estimate of drug-likeness (QED) is 0.756. The second-order valence-corrected chi connectivity index (χ2v) is 5.74. The minimum absolute atomic E-state index is 0.124. The van der Waals surface area contributed by atoms with E-state index in [0.717, 1.165) is 12.0 Å². The van der Waals surface area contributed by atoms with E-state index >= 15 is 0 Å². The highest BCUT2D eigenvalue weighted by Gasteiger charge is 2.11. The Labute approximate surface area is 87.1 Å². The molecule has 0 radical (unpaired) electrons. The highest BCUT2D eigenvalue weighted by atomic mass is 35.7. The van der Waals surface area contributed by atoms with Gasteiger partial charge in [-0.05, 0) is 18.1 Å². The van der Waals surface area contributed by atoms with Gasteiger partial charge < -0.3 is 0 Å². The van der Waals surface area contributed by atoms with Crippen LogP contribution in [0, 0.1) is 5.82 Å². The van der Waals surface area contributed by atoms with Gasteiger partial charge in [-0.2, -0.15) is 0 Å². The van der Waals surface area contributed by atoms with Crippen LogP contribution in [0.2, 0.25) is 0 Å². The normalized spacial score (nSPS) is 11.6. The molecule has 1 rings (SSSR count). The summed E-state index contributed by atoms with van der Waals surface area (Å²) in [5.41, 5.74) is 1.01. The van der Waals surface area contributed by atoms with Gasteiger partial charge in [-0.15, -0.1) is 0 Å². The first-order chi connectivity index (χ1) is 6.42. The fourth-order valence-electron chi connectivity index (χ4n) is 1.14.